The minimum atomic E-state index is -0.839. The van der Waals surface area contributed by atoms with E-state index in [1.165, 1.54) is 0 Å². The van der Waals surface area contributed by atoms with Crippen LogP contribution in [0.2, 0.25) is 0 Å². The first-order chi connectivity index (χ1) is 10.00. The summed E-state index contributed by atoms with van der Waals surface area (Å²) in [5.74, 6) is 0. The summed E-state index contributed by atoms with van der Waals surface area (Å²) in [5, 5.41) is 12.6. The number of thiazole rings is 1. The Morgan fingerprint density at radius 1 is 1.36 bits per heavy atom. The molecule has 5 nitrogen and oxygen atoms in total. The molecule has 0 unspecified atom stereocenters. The third kappa shape index (κ3) is 3.54. The monoisotopic (exact) mass is 325 g/mol. The van der Waals surface area contributed by atoms with Gasteiger partial charge in [-0.15, -0.1) is 11.3 Å². The molecular weight excluding hydrogens is 298 g/mol. The van der Waals surface area contributed by atoms with Gasteiger partial charge in [-0.05, 0) is 27.2 Å². The quantitative estimate of drug-likeness (QED) is 0.898. The minimum Gasteiger partial charge on any atom is -0.465 e. The normalized spacial score (nSPS) is 19.5. The van der Waals surface area contributed by atoms with Crippen molar-refractivity contribution in [1.29, 1.82) is 0 Å². The van der Waals surface area contributed by atoms with Gasteiger partial charge in [-0.1, -0.05) is 20.8 Å². The zero-order valence-corrected chi connectivity index (χ0v) is 15.2. The molecule has 0 radical (unpaired) electrons. The van der Waals surface area contributed by atoms with Crippen molar-refractivity contribution < 1.29 is 9.90 Å². The van der Waals surface area contributed by atoms with E-state index in [1.807, 2.05) is 20.8 Å². The van der Waals surface area contributed by atoms with Crippen molar-refractivity contribution in [3.05, 3.63) is 11.1 Å². The van der Waals surface area contributed by atoms with Gasteiger partial charge in [0.25, 0.3) is 0 Å². The lowest BCUT2D eigenvalue weighted by atomic mass is 9.93. The van der Waals surface area contributed by atoms with E-state index in [2.05, 4.69) is 31.1 Å². The van der Waals surface area contributed by atoms with Crippen LogP contribution in [0, 0.1) is 0 Å². The summed E-state index contributed by atoms with van der Waals surface area (Å²) < 4.78 is 0. The Hall–Kier alpha value is -1.30. The van der Waals surface area contributed by atoms with Crippen LogP contribution in [0.4, 0.5) is 9.93 Å². The third-order valence-electron chi connectivity index (χ3n) is 3.99. The standard InChI is InChI=1S/C16H27N3O2S/c1-15(2,3)12-10-22-13(17-12)18-8-7-11(9-18)19(14(20)21)16(4,5)6/h10-11H,7-9H2,1-6H3,(H,20,21)/t11-/m1/s1. The van der Waals surface area contributed by atoms with E-state index in [1.54, 1.807) is 16.2 Å². The molecule has 1 saturated heterocycles. The number of nitrogens with zero attached hydrogens (tertiary/aromatic N) is 3. The Morgan fingerprint density at radius 3 is 2.45 bits per heavy atom. The van der Waals surface area contributed by atoms with Crippen LogP contribution in [0.3, 0.4) is 0 Å². The Kier molecular flexibility index (Phi) is 4.44. The second-order valence-corrected chi connectivity index (χ2v) is 8.81. The molecule has 22 heavy (non-hydrogen) atoms. The molecule has 6 heteroatoms. The number of rotatable bonds is 2. The summed E-state index contributed by atoms with van der Waals surface area (Å²) in [6, 6.07) is 0.0273. The first-order valence-electron chi connectivity index (χ1n) is 7.73. The van der Waals surface area contributed by atoms with Gasteiger partial charge >= 0.3 is 6.09 Å². The van der Waals surface area contributed by atoms with E-state index in [0.29, 0.717) is 0 Å². The van der Waals surface area contributed by atoms with Crippen molar-refractivity contribution in [2.24, 2.45) is 0 Å². The van der Waals surface area contributed by atoms with Gasteiger partial charge in [-0.25, -0.2) is 9.78 Å². The van der Waals surface area contributed by atoms with E-state index in [9.17, 15) is 9.90 Å². The highest BCUT2D eigenvalue weighted by molar-refractivity contribution is 7.13. The van der Waals surface area contributed by atoms with Gasteiger partial charge in [0.1, 0.15) is 0 Å². The van der Waals surface area contributed by atoms with Crippen LogP contribution in [-0.4, -0.2) is 45.8 Å². The molecule has 0 aliphatic carbocycles. The molecule has 1 aliphatic heterocycles. The summed E-state index contributed by atoms with van der Waals surface area (Å²) in [6.07, 6.45) is 0.0162. The second kappa shape index (κ2) is 5.72. The summed E-state index contributed by atoms with van der Waals surface area (Å²) >= 11 is 1.65. The van der Waals surface area contributed by atoms with Crippen LogP contribution < -0.4 is 4.90 Å². The van der Waals surface area contributed by atoms with Crippen molar-refractivity contribution in [2.75, 3.05) is 18.0 Å². The van der Waals surface area contributed by atoms with Crippen molar-refractivity contribution >= 4 is 22.6 Å². The zero-order valence-electron chi connectivity index (χ0n) is 14.4. The molecule has 1 N–H and O–H groups in total. The summed E-state index contributed by atoms with van der Waals surface area (Å²) in [6.45, 7) is 13.9. The molecule has 1 fully saturated rings. The largest absolute Gasteiger partial charge is 0.465 e. The van der Waals surface area contributed by atoms with Gasteiger partial charge in [-0.2, -0.15) is 0 Å². The second-order valence-electron chi connectivity index (χ2n) is 7.98. The summed E-state index contributed by atoms with van der Waals surface area (Å²) in [7, 11) is 0. The molecule has 1 aromatic heterocycles. The Morgan fingerprint density at radius 2 is 2.00 bits per heavy atom. The Bertz CT molecular complexity index is 542. The smallest absolute Gasteiger partial charge is 0.408 e. The fraction of sp³-hybridized carbons (Fsp3) is 0.750. The highest BCUT2D eigenvalue weighted by Crippen LogP contribution is 2.32. The van der Waals surface area contributed by atoms with E-state index >= 15 is 0 Å². The Labute approximate surface area is 137 Å². The van der Waals surface area contributed by atoms with E-state index in [0.717, 1.165) is 30.3 Å². The fourth-order valence-corrected chi connectivity index (χ4v) is 3.96. The summed E-state index contributed by atoms with van der Waals surface area (Å²) in [4.78, 5) is 20.2. The first kappa shape index (κ1) is 17.1. The molecule has 0 spiro atoms. The highest BCUT2D eigenvalue weighted by Gasteiger charge is 2.38. The zero-order chi connectivity index (χ0) is 16.7. The maximum Gasteiger partial charge on any atom is 0.408 e. The van der Waals surface area contributed by atoms with Crippen LogP contribution in [0.25, 0.3) is 0 Å². The number of amides is 1. The SMILES string of the molecule is CC(C)(C)c1csc(N2CC[C@@H](N(C(=O)O)C(C)(C)C)C2)n1. The minimum absolute atomic E-state index is 0.0273. The number of hydrogen-bond donors (Lipinski definition) is 1. The Balaban J connectivity index is 2.12. The third-order valence-corrected chi connectivity index (χ3v) is 4.89. The number of hydrogen-bond acceptors (Lipinski definition) is 4. The van der Waals surface area contributed by atoms with E-state index < -0.39 is 6.09 Å². The van der Waals surface area contributed by atoms with Crippen molar-refractivity contribution in [3.63, 3.8) is 0 Å². The highest BCUT2D eigenvalue weighted by atomic mass is 32.1. The van der Waals surface area contributed by atoms with Gasteiger partial charge in [0, 0.05) is 29.4 Å². The van der Waals surface area contributed by atoms with Gasteiger partial charge in [0.2, 0.25) is 0 Å². The predicted molar refractivity (Wildman–Crippen MR) is 91.0 cm³/mol. The molecule has 124 valence electrons. The number of carbonyl (C=O) groups is 1. The molecule has 1 amide bonds. The molecule has 2 rings (SSSR count). The molecular formula is C16H27N3O2S. The van der Waals surface area contributed by atoms with Gasteiger partial charge in [0.15, 0.2) is 5.13 Å². The lowest BCUT2D eigenvalue weighted by molar-refractivity contribution is 0.0763. The van der Waals surface area contributed by atoms with Crippen LogP contribution in [-0.2, 0) is 5.41 Å². The molecule has 1 atom stereocenters. The molecule has 0 aromatic carbocycles. The van der Waals surface area contributed by atoms with Crippen molar-refractivity contribution in [2.45, 2.75) is 65.0 Å². The first-order valence-corrected chi connectivity index (χ1v) is 8.61. The maximum atomic E-state index is 11.6. The predicted octanol–water partition coefficient (Wildman–Crippen LogP) is 3.80. The number of anilines is 1. The van der Waals surface area contributed by atoms with Crippen molar-refractivity contribution in [1.82, 2.24) is 9.88 Å². The van der Waals surface area contributed by atoms with Crippen LogP contribution in [0.1, 0.15) is 53.7 Å². The average molecular weight is 325 g/mol. The van der Waals surface area contributed by atoms with E-state index in [4.69, 9.17) is 4.98 Å². The summed E-state index contributed by atoms with van der Waals surface area (Å²) in [5.41, 5.74) is 0.764. The van der Waals surface area contributed by atoms with Crippen LogP contribution in [0.15, 0.2) is 5.38 Å². The van der Waals surface area contributed by atoms with Gasteiger partial charge < -0.3 is 10.0 Å². The lowest BCUT2D eigenvalue weighted by Gasteiger charge is -2.37. The fourth-order valence-electron chi connectivity index (χ4n) is 2.87. The lowest BCUT2D eigenvalue weighted by Crippen LogP contribution is -2.52. The van der Waals surface area contributed by atoms with Crippen LogP contribution >= 0.6 is 11.3 Å². The molecule has 0 saturated carbocycles. The maximum absolute atomic E-state index is 11.6. The topological polar surface area (TPSA) is 56.7 Å². The van der Waals surface area contributed by atoms with E-state index in [-0.39, 0.29) is 17.0 Å². The van der Waals surface area contributed by atoms with Crippen molar-refractivity contribution in [3.8, 4) is 0 Å². The molecule has 2 heterocycles. The molecule has 0 bridgehead atoms. The average Bonchev–Trinajstić information content (AvgIpc) is 2.91. The van der Waals surface area contributed by atoms with Gasteiger partial charge in [0.05, 0.1) is 11.7 Å². The van der Waals surface area contributed by atoms with Gasteiger partial charge in [-0.3, -0.25) is 4.90 Å². The van der Waals surface area contributed by atoms with Crippen LogP contribution in [0.5, 0.6) is 0 Å². The number of aromatic nitrogens is 1. The molecule has 1 aliphatic rings. The molecule has 1 aromatic rings. The number of carboxylic acid groups (broad SMARTS) is 1.